The van der Waals surface area contributed by atoms with Gasteiger partial charge < -0.3 is 4.90 Å². The number of amides is 1. The van der Waals surface area contributed by atoms with Gasteiger partial charge in [-0.05, 0) is 31.7 Å². The number of hydrogen-bond donors (Lipinski definition) is 0. The van der Waals surface area contributed by atoms with E-state index < -0.39 is 0 Å². The highest BCUT2D eigenvalue weighted by molar-refractivity contribution is 7.13. The Kier molecular flexibility index (Phi) is 5.56. The Labute approximate surface area is 124 Å². The third-order valence-corrected chi connectivity index (χ3v) is 4.78. The van der Waals surface area contributed by atoms with Crippen LogP contribution in [0.3, 0.4) is 0 Å². The van der Waals surface area contributed by atoms with Gasteiger partial charge in [-0.3, -0.25) is 9.46 Å². The molecule has 0 saturated carbocycles. The molecule has 4 heteroatoms. The first-order chi connectivity index (χ1) is 9.58. The highest BCUT2D eigenvalue weighted by Crippen LogP contribution is 2.22. The van der Waals surface area contributed by atoms with Gasteiger partial charge in [-0.1, -0.05) is 39.7 Å². The molecule has 1 aromatic carbocycles. The van der Waals surface area contributed by atoms with Crippen molar-refractivity contribution in [3.8, 4) is 0 Å². The SMILES string of the molecule is CC(Cc1ccccc1)N(C)C(=O)C1CCN(P)CC1. The molecule has 1 saturated heterocycles. The number of nitrogens with zero attached hydrogens (tertiary/aromatic N) is 2. The van der Waals surface area contributed by atoms with E-state index >= 15 is 0 Å². The molecule has 1 heterocycles. The van der Waals surface area contributed by atoms with Crippen molar-refractivity contribution in [2.24, 2.45) is 5.92 Å². The minimum absolute atomic E-state index is 0.204. The molecule has 3 nitrogen and oxygen atoms in total. The number of likely N-dealkylation sites (N-methyl/N-ethyl adjacent to an activating group) is 1. The number of hydrogen-bond acceptors (Lipinski definition) is 2. The summed E-state index contributed by atoms with van der Waals surface area (Å²) in [5, 5.41) is 0. The lowest BCUT2D eigenvalue weighted by Crippen LogP contribution is -2.43. The van der Waals surface area contributed by atoms with E-state index in [2.05, 4.69) is 45.3 Å². The molecular weight excluding hydrogens is 267 g/mol. The van der Waals surface area contributed by atoms with Crippen molar-refractivity contribution in [1.82, 2.24) is 9.57 Å². The van der Waals surface area contributed by atoms with Gasteiger partial charge in [0.2, 0.25) is 5.91 Å². The quantitative estimate of drug-likeness (QED) is 0.796. The van der Waals surface area contributed by atoms with Crippen molar-refractivity contribution in [2.45, 2.75) is 32.2 Å². The lowest BCUT2D eigenvalue weighted by Gasteiger charge is -2.33. The van der Waals surface area contributed by atoms with Crippen molar-refractivity contribution in [3.63, 3.8) is 0 Å². The van der Waals surface area contributed by atoms with Crippen molar-refractivity contribution in [1.29, 1.82) is 0 Å². The largest absolute Gasteiger partial charge is 0.342 e. The Morgan fingerprint density at radius 2 is 1.95 bits per heavy atom. The van der Waals surface area contributed by atoms with E-state index in [1.807, 2.05) is 18.0 Å². The Morgan fingerprint density at radius 3 is 2.55 bits per heavy atom. The second-order valence-electron chi connectivity index (χ2n) is 5.80. The molecule has 1 fully saturated rings. The molecule has 2 unspecified atom stereocenters. The monoisotopic (exact) mass is 292 g/mol. The average molecular weight is 292 g/mol. The van der Waals surface area contributed by atoms with Gasteiger partial charge in [-0.15, -0.1) is 0 Å². The molecule has 1 aromatic rings. The number of rotatable bonds is 4. The fourth-order valence-electron chi connectivity index (χ4n) is 2.74. The number of benzene rings is 1. The third-order valence-electron chi connectivity index (χ3n) is 4.26. The molecule has 110 valence electrons. The van der Waals surface area contributed by atoms with Crippen LogP contribution >= 0.6 is 9.39 Å². The molecule has 20 heavy (non-hydrogen) atoms. The Bertz CT molecular complexity index is 429. The predicted octanol–water partition coefficient (Wildman–Crippen LogP) is 2.58. The summed E-state index contributed by atoms with van der Waals surface area (Å²) in [7, 11) is 4.68. The molecule has 0 bridgehead atoms. The Morgan fingerprint density at radius 1 is 1.35 bits per heavy atom. The van der Waals surface area contributed by atoms with E-state index in [0.717, 1.165) is 32.4 Å². The lowest BCUT2D eigenvalue weighted by molar-refractivity contribution is -0.137. The molecule has 2 atom stereocenters. The first kappa shape index (κ1) is 15.5. The van der Waals surface area contributed by atoms with Crippen molar-refractivity contribution in [3.05, 3.63) is 35.9 Å². The van der Waals surface area contributed by atoms with Crippen LogP contribution in [0.25, 0.3) is 0 Å². The van der Waals surface area contributed by atoms with Crippen LogP contribution in [0.15, 0.2) is 30.3 Å². The maximum absolute atomic E-state index is 12.5. The Hall–Kier alpha value is -0.920. The van der Waals surface area contributed by atoms with Crippen LogP contribution in [-0.4, -0.2) is 41.7 Å². The van der Waals surface area contributed by atoms with Crippen LogP contribution in [-0.2, 0) is 11.2 Å². The number of piperidine rings is 1. The van der Waals surface area contributed by atoms with Gasteiger partial charge in [0.1, 0.15) is 0 Å². The zero-order valence-electron chi connectivity index (χ0n) is 12.5. The van der Waals surface area contributed by atoms with E-state index in [9.17, 15) is 4.79 Å². The van der Waals surface area contributed by atoms with Crippen LogP contribution in [0.4, 0.5) is 0 Å². The molecule has 0 N–H and O–H groups in total. The predicted molar refractivity (Wildman–Crippen MR) is 86.4 cm³/mol. The van der Waals surface area contributed by atoms with E-state index in [1.54, 1.807) is 0 Å². The topological polar surface area (TPSA) is 23.6 Å². The second-order valence-corrected chi connectivity index (χ2v) is 6.53. The number of carbonyl (C=O) groups excluding carboxylic acids is 1. The standard InChI is InChI=1S/C16H25N2OP/c1-13(12-14-6-4-3-5-7-14)17(2)16(19)15-8-10-18(20)11-9-15/h3-7,13,15H,8-12,20H2,1-2H3. The normalized spacial score (nSPS) is 18.8. The van der Waals surface area contributed by atoms with Gasteiger partial charge in [0.25, 0.3) is 0 Å². The van der Waals surface area contributed by atoms with Crippen LogP contribution < -0.4 is 0 Å². The number of carbonyl (C=O) groups is 1. The molecule has 1 aliphatic heterocycles. The van der Waals surface area contributed by atoms with Gasteiger partial charge >= 0.3 is 0 Å². The van der Waals surface area contributed by atoms with Gasteiger partial charge in [-0.2, -0.15) is 0 Å². The average Bonchev–Trinajstić information content (AvgIpc) is 2.47. The first-order valence-corrected chi connectivity index (χ1v) is 7.90. The summed E-state index contributed by atoms with van der Waals surface area (Å²) in [6.45, 7) is 4.14. The van der Waals surface area contributed by atoms with Crippen molar-refractivity contribution < 1.29 is 4.79 Å². The zero-order valence-corrected chi connectivity index (χ0v) is 13.6. The van der Waals surface area contributed by atoms with Gasteiger partial charge in [0.05, 0.1) is 0 Å². The molecule has 1 aliphatic rings. The van der Waals surface area contributed by atoms with E-state index in [4.69, 9.17) is 0 Å². The fourth-order valence-corrected chi connectivity index (χ4v) is 3.04. The first-order valence-electron chi connectivity index (χ1n) is 7.38. The van der Waals surface area contributed by atoms with Crippen LogP contribution in [0, 0.1) is 5.92 Å². The second kappa shape index (κ2) is 7.19. The summed E-state index contributed by atoms with van der Waals surface area (Å²) in [5.74, 6) is 0.515. The summed E-state index contributed by atoms with van der Waals surface area (Å²) in [5.41, 5.74) is 1.29. The highest BCUT2D eigenvalue weighted by Gasteiger charge is 2.27. The van der Waals surface area contributed by atoms with Crippen LogP contribution in [0.5, 0.6) is 0 Å². The summed E-state index contributed by atoms with van der Waals surface area (Å²) >= 11 is 0. The maximum Gasteiger partial charge on any atom is 0.225 e. The molecule has 0 radical (unpaired) electrons. The lowest BCUT2D eigenvalue weighted by atomic mass is 9.95. The zero-order chi connectivity index (χ0) is 14.5. The molecule has 0 spiro atoms. The van der Waals surface area contributed by atoms with Gasteiger partial charge in [0, 0.05) is 32.1 Å². The van der Waals surface area contributed by atoms with Crippen molar-refractivity contribution >= 4 is 15.3 Å². The molecular formula is C16H25N2OP. The molecule has 0 aromatic heterocycles. The minimum atomic E-state index is 0.204. The van der Waals surface area contributed by atoms with Gasteiger partial charge in [-0.25, -0.2) is 0 Å². The van der Waals surface area contributed by atoms with Crippen molar-refractivity contribution in [2.75, 3.05) is 20.1 Å². The van der Waals surface area contributed by atoms with E-state index in [-0.39, 0.29) is 12.0 Å². The molecule has 1 amide bonds. The van der Waals surface area contributed by atoms with Crippen LogP contribution in [0.2, 0.25) is 0 Å². The summed E-state index contributed by atoms with van der Waals surface area (Å²) in [6.07, 6.45) is 2.88. The molecule has 0 aliphatic carbocycles. The Balaban J connectivity index is 1.89. The van der Waals surface area contributed by atoms with E-state index in [0.29, 0.717) is 5.91 Å². The van der Waals surface area contributed by atoms with Crippen LogP contribution in [0.1, 0.15) is 25.3 Å². The fraction of sp³-hybridized carbons (Fsp3) is 0.562. The highest BCUT2D eigenvalue weighted by atomic mass is 31.0. The summed E-state index contributed by atoms with van der Waals surface area (Å²) in [4.78, 5) is 14.5. The summed E-state index contributed by atoms with van der Waals surface area (Å²) < 4.78 is 2.22. The maximum atomic E-state index is 12.5. The van der Waals surface area contributed by atoms with E-state index in [1.165, 1.54) is 5.56 Å². The third kappa shape index (κ3) is 4.04. The smallest absolute Gasteiger partial charge is 0.225 e. The summed E-state index contributed by atoms with van der Waals surface area (Å²) in [6, 6.07) is 10.6. The minimum Gasteiger partial charge on any atom is -0.342 e. The molecule has 2 rings (SSSR count). The van der Waals surface area contributed by atoms with Gasteiger partial charge in [0.15, 0.2) is 0 Å².